The SMILES string of the molecule is CN(CC(=O)N1CCCC(C(=O)N2CCOCC2)C1)Cc1ccccc1. The Hall–Kier alpha value is -1.92. The van der Waals surface area contributed by atoms with Crippen LogP contribution in [0.3, 0.4) is 0 Å². The van der Waals surface area contributed by atoms with Gasteiger partial charge in [-0.25, -0.2) is 0 Å². The molecular weight excluding hydrogens is 330 g/mol. The van der Waals surface area contributed by atoms with Crippen LogP contribution in [0.1, 0.15) is 18.4 Å². The van der Waals surface area contributed by atoms with Crippen LogP contribution in [0.25, 0.3) is 0 Å². The van der Waals surface area contributed by atoms with E-state index in [0.717, 1.165) is 25.9 Å². The second kappa shape index (κ2) is 9.14. The number of likely N-dealkylation sites (N-methyl/N-ethyl adjacent to an activating group) is 1. The summed E-state index contributed by atoms with van der Waals surface area (Å²) in [7, 11) is 1.96. The number of benzene rings is 1. The minimum atomic E-state index is -0.0646. The fourth-order valence-electron chi connectivity index (χ4n) is 3.73. The van der Waals surface area contributed by atoms with Crippen molar-refractivity contribution in [2.75, 3.05) is 53.0 Å². The van der Waals surface area contributed by atoms with Gasteiger partial charge in [-0.3, -0.25) is 14.5 Å². The number of piperidine rings is 1. The van der Waals surface area contributed by atoms with Crippen LogP contribution < -0.4 is 0 Å². The van der Waals surface area contributed by atoms with Crippen LogP contribution in [0.5, 0.6) is 0 Å². The lowest BCUT2D eigenvalue weighted by Crippen LogP contribution is -2.50. The standard InChI is InChI=1S/C20H29N3O3/c1-21(14-17-6-3-2-4-7-17)16-19(24)23-9-5-8-18(15-23)20(25)22-10-12-26-13-11-22/h2-4,6-7,18H,5,8-16H2,1H3. The number of rotatable bonds is 5. The normalized spacial score (nSPS) is 21.1. The quantitative estimate of drug-likeness (QED) is 0.793. The van der Waals surface area contributed by atoms with Crippen molar-refractivity contribution in [3.05, 3.63) is 35.9 Å². The van der Waals surface area contributed by atoms with Crippen LogP contribution in [-0.2, 0) is 20.9 Å². The van der Waals surface area contributed by atoms with Gasteiger partial charge in [0.2, 0.25) is 11.8 Å². The summed E-state index contributed by atoms with van der Waals surface area (Å²) in [6.45, 7) is 5.01. The number of likely N-dealkylation sites (tertiary alicyclic amines) is 1. The van der Waals surface area contributed by atoms with Crippen molar-refractivity contribution in [1.29, 1.82) is 0 Å². The van der Waals surface area contributed by atoms with Crippen molar-refractivity contribution >= 4 is 11.8 Å². The Balaban J connectivity index is 1.50. The van der Waals surface area contributed by atoms with Gasteiger partial charge < -0.3 is 14.5 Å². The number of hydrogen-bond acceptors (Lipinski definition) is 4. The van der Waals surface area contributed by atoms with Gasteiger partial charge in [-0.1, -0.05) is 30.3 Å². The smallest absolute Gasteiger partial charge is 0.236 e. The Kier molecular flexibility index (Phi) is 6.63. The van der Waals surface area contributed by atoms with Gasteiger partial charge in [0.25, 0.3) is 0 Å². The molecule has 0 bridgehead atoms. The Morgan fingerprint density at radius 3 is 2.58 bits per heavy atom. The van der Waals surface area contributed by atoms with Gasteiger partial charge >= 0.3 is 0 Å². The zero-order valence-corrected chi connectivity index (χ0v) is 15.6. The molecule has 0 spiro atoms. The van der Waals surface area contributed by atoms with Crippen LogP contribution in [0.2, 0.25) is 0 Å². The molecule has 2 saturated heterocycles. The summed E-state index contributed by atoms with van der Waals surface area (Å²) in [6, 6.07) is 10.2. The van der Waals surface area contributed by atoms with Gasteiger partial charge in [0, 0.05) is 32.7 Å². The van der Waals surface area contributed by atoms with Gasteiger partial charge in [0.15, 0.2) is 0 Å². The Labute approximate surface area is 155 Å². The average molecular weight is 359 g/mol. The molecule has 2 fully saturated rings. The molecule has 142 valence electrons. The molecule has 6 nitrogen and oxygen atoms in total. The number of hydrogen-bond donors (Lipinski definition) is 0. The minimum absolute atomic E-state index is 0.0646. The third kappa shape index (κ3) is 5.05. The van der Waals surface area contributed by atoms with E-state index in [9.17, 15) is 9.59 Å². The fraction of sp³-hybridized carbons (Fsp3) is 0.600. The molecule has 0 saturated carbocycles. The monoisotopic (exact) mass is 359 g/mol. The van der Waals surface area contributed by atoms with Crippen molar-refractivity contribution < 1.29 is 14.3 Å². The first-order valence-corrected chi connectivity index (χ1v) is 9.50. The first-order chi connectivity index (χ1) is 12.6. The summed E-state index contributed by atoms with van der Waals surface area (Å²) >= 11 is 0. The van der Waals surface area contributed by atoms with Crippen molar-refractivity contribution in [1.82, 2.24) is 14.7 Å². The minimum Gasteiger partial charge on any atom is -0.378 e. The van der Waals surface area contributed by atoms with E-state index in [-0.39, 0.29) is 17.7 Å². The highest BCUT2D eigenvalue weighted by atomic mass is 16.5. The molecule has 1 aromatic carbocycles. The summed E-state index contributed by atoms with van der Waals surface area (Å²) in [4.78, 5) is 31.2. The van der Waals surface area contributed by atoms with Crippen molar-refractivity contribution in [2.24, 2.45) is 5.92 Å². The van der Waals surface area contributed by atoms with E-state index in [4.69, 9.17) is 4.74 Å². The molecule has 1 atom stereocenters. The number of carbonyl (C=O) groups is 2. The van der Waals surface area contributed by atoms with Gasteiger partial charge in [0.1, 0.15) is 0 Å². The second-order valence-electron chi connectivity index (χ2n) is 7.27. The summed E-state index contributed by atoms with van der Waals surface area (Å²) < 4.78 is 5.33. The fourth-order valence-corrected chi connectivity index (χ4v) is 3.73. The average Bonchev–Trinajstić information content (AvgIpc) is 2.69. The first kappa shape index (κ1) is 18.9. The van der Waals surface area contributed by atoms with Crippen LogP contribution in [0, 0.1) is 5.92 Å². The summed E-state index contributed by atoms with van der Waals surface area (Å²) in [6.07, 6.45) is 1.77. The number of nitrogens with zero attached hydrogens (tertiary/aromatic N) is 3. The molecule has 6 heteroatoms. The van der Waals surface area contributed by atoms with Crippen LogP contribution in [0.15, 0.2) is 30.3 Å². The second-order valence-corrected chi connectivity index (χ2v) is 7.27. The van der Waals surface area contributed by atoms with Gasteiger partial charge in [0.05, 0.1) is 25.7 Å². The maximum atomic E-state index is 12.7. The highest BCUT2D eigenvalue weighted by Crippen LogP contribution is 2.20. The van der Waals surface area contributed by atoms with E-state index in [1.54, 1.807) is 0 Å². The number of carbonyl (C=O) groups excluding carboxylic acids is 2. The summed E-state index contributed by atoms with van der Waals surface area (Å²) in [5.41, 5.74) is 1.20. The lowest BCUT2D eigenvalue weighted by atomic mass is 9.96. The maximum absolute atomic E-state index is 12.7. The zero-order chi connectivity index (χ0) is 18.4. The number of amides is 2. The van der Waals surface area contributed by atoms with Crippen molar-refractivity contribution in [3.63, 3.8) is 0 Å². The Morgan fingerprint density at radius 1 is 1.12 bits per heavy atom. The van der Waals surface area contributed by atoms with Gasteiger partial charge in [-0.2, -0.15) is 0 Å². The van der Waals surface area contributed by atoms with Crippen LogP contribution in [-0.4, -0.2) is 79.5 Å². The van der Waals surface area contributed by atoms with E-state index in [2.05, 4.69) is 12.1 Å². The lowest BCUT2D eigenvalue weighted by Gasteiger charge is -2.36. The number of morpholine rings is 1. The zero-order valence-electron chi connectivity index (χ0n) is 15.6. The predicted molar refractivity (Wildman–Crippen MR) is 99.5 cm³/mol. The first-order valence-electron chi connectivity index (χ1n) is 9.50. The van der Waals surface area contributed by atoms with Gasteiger partial charge in [-0.05, 0) is 25.5 Å². The highest BCUT2D eigenvalue weighted by Gasteiger charge is 2.31. The summed E-state index contributed by atoms with van der Waals surface area (Å²) in [5, 5.41) is 0. The molecule has 2 amide bonds. The van der Waals surface area contributed by atoms with Crippen molar-refractivity contribution in [2.45, 2.75) is 19.4 Å². The van der Waals surface area contributed by atoms with E-state index >= 15 is 0 Å². The summed E-state index contributed by atoms with van der Waals surface area (Å²) in [5.74, 6) is 0.233. The van der Waals surface area contributed by atoms with Crippen LogP contribution in [0.4, 0.5) is 0 Å². The molecule has 26 heavy (non-hydrogen) atoms. The predicted octanol–water partition coefficient (Wildman–Crippen LogP) is 1.22. The molecule has 1 unspecified atom stereocenters. The molecule has 2 heterocycles. The lowest BCUT2D eigenvalue weighted by molar-refractivity contribution is -0.144. The Bertz CT molecular complexity index is 602. The van der Waals surface area contributed by atoms with E-state index in [1.807, 2.05) is 39.9 Å². The topological polar surface area (TPSA) is 53.1 Å². The van der Waals surface area contributed by atoms with E-state index in [0.29, 0.717) is 39.4 Å². The molecule has 3 rings (SSSR count). The van der Waals surface area contributed by atoms with Crippen molar-refractivity contribution in [3.8, 4) is 0 Å². The van der Waals surface area contributed by atoms with E-state index < -0.39 is 0 Å². The number of ether oxygens (including phenoxy) is 1. The van der Waals surface area contributed by atoms with Crippen LogP contribution >= 0.6 is 0 Å². The van der Waals surface area contributed by atoms with Gasteiger partial charge in [-0.15, -0.1) is 0 Å². The molecule has 0 aliphatic carbocycles. The molecule has 0 radical (unpaired) electrons. The Morgan fingerprint density at radius 2 is 1.85 bits per heavy atom. The molecule has 2 aliphatic rings. The highest BCUT2D eigenvalue weighted by molar-refractivity contribution is 5.82. The third-order valence-corrected chi connectivity index (χ3v) is 5.15. The molecule has 2 aliphatic heterocycles. The molecule has 0 N–H and O–H groups in total. The molecular formula is C20H29N3O3. The third-order valence-electron chi connectivity index (χ3n) is 5.15. The largest absolute Gasteiger partial charge is 0.378 e. The van der Waals surface area contributed by atoms with E-state index in [1.165, 1.54) is 5.56 Å². The maximum Gasteiger partial charge on any atom is 0.236 e. The molecule has 1 aromatic rings. The molecule has 0 aromatic heterocycles.